The quantitative estimate of drug-likeness (QED) is 0.783. The predicted octanol–water partition coefficient (Wildman–Crippen LogP) is 0.814. The van der Waals surface area contributed by atoms with Gasteiger partial charge >= 0.3 is 12.0 Å². The minimum Gasteiger partial charge on any atom is -0.480 e. The van der Waals surface area contributed by atoms with Crippen LogP contribution < -0.4 is 5.32 Å². The maximum atomic E-state index is 12.1. The standard InChI is InChI=1S/C12H20N2O4/c1-2-9-8-14(6-7-18-9)11(17)13-12(10(15)16)4-3-5-12/h9H,2-8H2,1H3,(H,13,17)(H,15,16). The molecule has 0 aromatic carbocycles. The molecule has 1 saturated carbocycles. The van der Waals surface area contributed by atoms with Crippen molar-refractivity contribution in [3.05, 3.63) is 0 Å². The largest absolute Gasteiger partial charge is 0.480 e. The van der Waals surface area contributed by atoms with Gasteiger partial charge in [-0.1, -0.05) is 6.92 Å². The highest BCUT2D eigenvalue weighted by molar-refractivity contribution is 5.87. The Morgan fingerprint density at radius 3 is 2.72 bits per heavy atom. The van der Waals surface area contributed by atoms with E-state index in [0.717, 1.165) is 12.8 Å². The van der Waals surface area contributed by atoms with Crippen molar-refractivity contribution in [3.8, 4) is 0 Å². The summed E-state index contributed by atoms with van der Waals surface area (Å²) in [6.45, 7) is 3.60. The highest BCUT2D eigenvalue weighted by Crippen LogP contribution is 2.32. The van der Waals surface area contributed by atoms with E-state index < -0.39 is 11.5 Å². The zero-order chi connectivity index (χ0) is 13.2. The monoisotopic (exact) mass is 256 g/mol. The maximum absolute atomic E-state index is 12.1. The van der Waals surface area contributed by atoms with Crippen molar-refractivity contribution in [1.82, 2.24) is 10.2 Å². The summed E-state index contributed by atoms with van der Waals surface area (Å²) in [4.78, 5) is 24.9. The zero-order valence-corrected chi connectivity index (χ0v) is 10.6. The van der Waals surface area contributed by atoms with E-state index in [9.17, 15) is 14.7 Å². The number of carboxylic acids is 1. The van der Waals surface area contributed by atoms with Gasteiger partial charge in [-0.25, -0.2) is 9.59 Å². The number of rotatable bonds is 3. The van der Waals surface area contributed by atoms with Crippen molar-refractivity contribution in [1.29, 1.82) is 0 Å². The molecule has 18 heavy (non-hydrogen) atoms. The van der Waals surface area contributed by atoms with E-state index in [1.807, 2.05) is 6.92 Å². The van der Waals surface area contributed by atoms with Crippen LogP contribution in [0.1, 0.15) is 32.6 Å². The molecule has 0 radical (unpaired) electrons. The van der Waals surface area contributed by atoms with Gasteiger partial charge in [0.2, 0.25) is 0 Å². The first-order valence-corrected chi connectivity index (χ1v) is 6.49. The molecule has 0 bridgehead atoms. The van der Waals surface area contributed by atoms with Gasteiger partial charge in [-0.2, -0.15) is 0 Å². The summed E-state index contributed by atoms with van der Waals surface area (Å²) in [5, 5.41) is 11.8. The van der Waals surface area contributed by atoms with E-state index in [-0.39, 0.29) is 12.1 Å². The van der Waals surface area contributed by atoms with Crippen molar-refractivity contribution in [2.75, 3.05) is 19.7 Å². The van der Waals surface area contributed by atoms with Gasteiger partial charge in [0.25, 0.3) is 0 Å². The minimum absolute atomic E-state index is 0.0617. The van der Waals surface area contributed by atoms with Crippen molar-refractivity contribution in [2.24, 2.45) is 0 Å². The molecule has 2 rings (SSSR count). The third-order valence-corrected chi connectivity index (χ3v) is 3.84. The van der Waals surface area contributed by atoms with Gasteiger partial charge in [0.15, 0.2) is 0 Å². The minimum atomic E-state index is -1.03. The third-order valence-electron chi connectivity index (χ3n) is 3.84. The Morgan fingerprint density at radius 2 is 2.22 bits per heavy atom. The number of hydrogen-bond acceptors (Lipinski definition) is 3. The SMILES string of the molecule is CCC1CN(C(=O)NC2(C(=O)O)CCC2)CCO1. The van der Waals surface area contributed by atoms with E-state index >= 15 is 0 Å². The molecule has 1 unspecified atom stereocenters. The first-order chi connectivity index (χ1) is 8.57. The van der Waals surface area contributed by atoms with Gasteiger partial charge in [0.05, 0.1) is 12.7 Å². The number of nitrogens with zero attached hydrogens (tertiary/aromatic N) is 1. The second-order valence-electron chi connectivity index (χ2n) is 5.02. The van der Waals surface area contributed by atoms with Gasteiger partial charge in [-0.15, -0.1) is 0 Å². The topological polar surface area (TPSA) is 78.9 Å². The van der Waals surface area contributed by atoms with Gasteiger partial charge in [0, 0.05) is 13.1 Å². The number of amides is 2. The van der Waals surface area contributed by atoms with Crippen LogP contribution in [0, 0.1) is 0 Å². The van der Waals surface area contributed by atoms with Crippen LogP contribution in [0.4, 0.5) is 4.79 Å². The average Bonchev–Trinajstić information content (AvgIpc) is 2.33. The van der Waals surface area contributed by atoms with E-state index in [0.29, 0.717) is 32.5 Å². The first kappa shape index (κ1) is 13.1. The second-order valence-corrected chi connectivity index (χ2v) is 5.02. The van der Waals surface area contributed by atoms with Crippen LogP contribution in [-0.4, -0.2) is 53.3 Å². The van der Waals surface area contributed by atoms with Crippen molar-refractivity contribution in [3.63, 3.8) is 0 Å². The van der Waals surface area contributed by atoms with Crippen LogP contribution in [0.15, 0.2) is 0 Å². The van der Waals surface area contributed by atoms with E-state index in [2.05, 4.69) is 5.32 Å². The lowest BCUT2D eigenvalue weighted by molar-refractivity contribution is -0.148. The van der Waals surface area contributed by atoms with Crippen LogP contribution in [0.2, 0.25) is 0 Å². The number of carbonyl (C=O) groups is 2. The fraction of sp³-hybridized carbons (Fsp3) is 0.833. The van der Waals surface area contributed by atoms with Crippen molar-refractivity contribution in [2.45, 2.75) is 44.2 Å². The molecule has 0 aromatic heterocycles. The molecule has 102 valence electrons. The van der Waals surface area contributed by atoms with Gasteiger partial charge in [-0.05, 0) is 25.7 Å². The van der Waals surface area contributed by atoms with E-state index in [1.165, 1.54) is 0 Å². The molecule has 1 heterocycles. The van der Waals surface area contributed by atoms with Crippen LogP contribution >= 0.6 is 0 Å². The molecule has 1 atom stereocenters. The number of nitrogens with one attached hydrogen (secondary N) is 1. The third kappa shape index (κ3) is 2.43. The molecule has 2 N–H and O–H groups in total. The molecular formula is C12H20N2O4. The first-order valence-electron chi connectivity index (χ1n) is 6.49. The molecule has 1 aliphatic heterocycles. The molecule has 2 fully saturated rings. The molecule has 1 aliphatic carbocycles. The lowest BCUT2D eigenvalue weighted by atomic mass is 9.77. The fourth-order valence-electron chi connectivity index (χ4n) is 2.36. The summed E-state index contributed by atoms with van der Waals surface area (Å²) in [5.41, 5.74) is -1.03. The Kier molecular flexibility index (Phi) is 3.75. The lowest BCUT2D eigenvalue weighted by Crippen LogP contribution is -2.63. The van der Waals surface area contributed by atoms with Crippen molar-refractivity contribution < 1.29 is 19.4 Å². The van der Waals surface area contributed by atoms with Crippen LogP contribution in [-0.2, 0) is 9.53 Å². The molecule has 1 saturated heterocycles. The second kappa shape index (κ2) is 5.14. The molecule has 2 amide bonds. The molecule has 0 spiro atoms. The van der Waals surface area contributed by atoms with E-state index in [1.54, 1.807) is 4.90 Å². The molecule has 2 aliphatic rings. The van der Waals surface area contributed by atoms with E-state index in [4.69, 9.17) is 4.74 Å². The Hall–Kier alpha value is -1.30. The number of carbonyl (C=O) groups excluding carboxylic acids is 1. The fourth-order valence-corrected chi connectivity index (χ4v) is 2.36. The molecular weight excluding hydrogens is 236 g/mol. The highest BCUT2D eigenvalue weighted by atomic mass is 16.5. The van der Waals surface area contributed by atoms with Crippen LogP contribution in [0.25, 0.3) is 0 Å². The molecule has 6 nitrogen and oxygen atoms in total. The van der Waals surface area contributed by atoms with Gasteiger partial charge in [0.1, 0.15) is 5.54 Å². The lowest BCUT2D eigenvalue weighted by Gasteiger charge is -2.41. The number of carboxylic acid groups (broad SMARTS) is 1. The maximum Gasteiger partial charge on any atom is 0.329 e. The molecule has 6 heteroatoms. The Labute approximate surface area is 106 Å². The summed E-state index contributed by atoms with van der Waals surface area (Å²) in [6, 6.07) is -0.279. The predicted molar refractivity (Wildman–Crippen MR) is 64.4 cm³/mol. The molecule has 0 aromatic rings. The summed E-state index contributed by atoms with van der Waals surface area (Å²) in [7, 11) is 0. The average molecular weight is 256 g/mol. The summed E-state index contributed by atoms with van der Waals surface area (Å²) in [6.07, 6.45) is 2.82. The zero-order valence-electron chi connectivity index (χ0n) is 10.6. The smallest absolute Gasteiger partial charge is 0.329 e. The normalized spacial score (nSPS) is 26.3. The van der Waals surface area contributed by atoms with Gasteiger partial charge in [-0.3, -0.25) is 0 Å². The number of hydrogen-bond donors (Lipinski definition) is 2. The van der Waals surface area contributed by atoms with Gasteiger partial charge < -0.3 is 20.1 Å². The summed E-state index contributed by atoms with van der Waals surface area (Å²) < 4.78 is 5.49. The Balaban J connectivity index is 1.93. The number of ether oxygens (including phenoxy) is 1. The van der Waals surface area contributed by atoms with Crippen molar-refractivity contribution >= 4 is 12.0 Å². The Morgan fingerprint density at radius 1 is 1.50 bits per heavy atom. The van der Waals surface area contributed by atoms with Crippen LogP contribution in [0.3, 0.4) is 0 Å². The summed E-state index contributed by atoms with van der Waals surface area (Å²) in [5.74, 6) is -0.928. The Bertz CT molecular complexity index is 341. The summed E-state index contributed by atoms with van der Waals surface area (Å²) >= 11 is 0. The number of aliphatic carboxylic acids is 1. The highest BCUT2D eigenvalue weighted by Gasteiger charge is 2.46. The van der Waals surface area contributed by atoms with Crippen LogP contribution in [0.5, 0.6) is 0 Å². The number of urea groups is 1. The number of morpholine rings is 1.